The van der Waals surface area contributed by atoms with Crippen LogP contribution in [0.5, 0.6) is 0 Å². The Hall–Kier alpha value is -2.46. The molecule has 0 saturated carbocycles. The number of phosphoric acid groups is 2. The maximum atomic E-state index is 13.1. The lowest BCUT2D eigenvalue weighted by atomic mass is 9.99. The van der Waals surface area contributed by atoms with Crippen LogP contribution in [0.15, 0.2) is 24.3 Å². The first-order chi connectivity index (χ1) is 49.8. The molecular formula is C84H160O17P2. The van der Waals surface area contributed by atoms with E-state index in [0.29, 0.717) is 25.7 Å². The fourth-order valence-electron chi connectivity index (χ4n) is 12.4. The fraction of sp³-hybridized carbons (Fsp3) is 0.905. The molecule has 0 fully saturated rings. The number of ether oxygens (including phenoxy) is 4. The lowest BCUT2D eigenvalue weighted by Gasteiger charge is -2.21. The minimum absolute atomic E-state index is 0.0846. The molecular weight excluding hydrogens is 1340 g/mol. The number of rotatable bonds is 80. The molecule has 6 atom stereocenters. The predicted molar refractivity (Wildman–Crippen MR) is 423 cm³/mol. The van der Waals surface area contributed by atoms with E-state index in [1.54, 1.807) is 0 Å². The molecule has 0 aliphatic rings. The minimum Gasteiger partial charge on any atom is -0.462 e. The average Bonchev–Trinajstić information content (AvgIpc) is 0.913. The lowest BCUT2D eigenvalue weighted by molar-refractivity contribution is -0.161. The van der Waals surface area contributed by atoms with Gasteiger partial charge in [-0.05, 0) is 69.1 Å². The third-order valence-corrected chi connectivity index (χ3v) is 21.3. The van der Waals surface area contributed by atoms with Crippen molar-refractivity contribution in [1.82, 2.24) is 0 Å². The zero-order valence-electron chi connectivity index (χ0n) is 67.3. The maximum Gasteiger partial charge on any atom is 0.472 e. The van der Waals surface area contributed by atoms with Crippen LogP contribution in [0.2, 0.25) is 0 Å². The van der Waals surface area contributed by atoms with E-state index in [0.717, 1.165) is 120 Å². The second kappa shape index (κ2) is 73.7. The van der Waals surface area contributed by atoms with E-state index in [1.807, 2.05) is 0 Å². The molecule has 0 bridgehead atoms. The highest BCUT2D eigenvalue weighted by Crippen LogP contribution is 2.45. The number of unbranched alkanes of at least 4 members (excludes halogenated alkanes) is 44. The Bertz CT molecular complexity index is 2090. The van der Waals surface area contributed by atoms with Crippen LogP contribution >= 0.6 is 15.6 Å². The fourth-order valence-corrected chi connectivity index (χ4v) is 14.0. The van der Waals surface area contributed by atoms with Crippen LogP contribution < -0.4 is 0 Å². The summed E-state index contributed by atoms with van der Waals surface area (Å²) >= 11 is 0. The van der Waals surface area contributed by atoms with Gasteiger partial charge in [-0.15, -0.1) is 0 Å². The molecule has 0 aromatic heterocycles. The Labute approximate surface area is 631 Å². The Kier molecular flexibility index (Phi) is 71.9. The highest BCUT2D eigenvalue weighted by atomic mass is 31.2. The quantitative estimate of drug-likeness (QED) is 0.0169. The van der Waals surface area contributed by atoms with E-state index in [1.165, 1.54) is 212 Å². The topological polar surface area (TPSA) is 237 Å². The van der Waals surface area contributed by atoms with Crippen molar-refractivity contribution in [2.75, 3.05) is 39.6 Å². The van der Waals surface area contributed by atoms with Crippen molar-refractivity contribution in [3.63, 3.8) is 0 Å². The van der Waals surface area contributed by atoms with Crippen molar-refractivity contribution in [3.05, 3.63) is 24.3 Å². The van der Waals surface area contributed by atoms with Gasteiger partial charge in [0, 0.05) is 25.7 Å². The van der Waals surface area contributed by atoms with E-state index in [2.05, 4.69) is 72.8 Å². The van der Waals surface area contributed by atoms with Crippen LogP contribution in [-0.2, 0) is 65.4 Å². The van der Waals surface area contributed by atoms with Gasteiger partial charge in [-0.2, -0.15) is 0 Å². The van der Waals surface area contributed by atoms with E-state index < -0.39 is 97.5 Å². The van der Waals surface area contributed by atoms with Crippen molar-refractivity contribution < 1.29 is 80.2 Å². The van der Waals surface area contributed by atoms with Crippen molar-refractivity contribution in [1.29, 1.82) is 0 Å². The molecule has 0 amide bonds. The molecule has 17 nitrogen and oxygen atoms in total. The van der Waals surface area contributed by atoms with Gasteiger partial charge in [0.25, 0.3) is 0 Å². The van der Waals surface area contributed by atoms with Crippen LogP contribution in [0.3, 0.4) is 0 Å². The van der Waals surface area contributed by atoms with Gasteiger partial charge < -0.3 is 33.8 Å². The third kappa shape index (κ3) is 76.1. The summed E-state index contributed by atoms with van der Waals surface area (Å²) in [5.41, 5.74) is 0. The van der Waals surface area contributed by atoms with E-state index in [4.69, 9.17) is 37.0 Å². The summed E-state index contributed by atoms with van der Waals surface area (Å²) in [6, 6.07) is 0. The number of hydrogen-bond acceptors (Lipinski definition) is 15. The maximum absolute atomic E-state index is 13.1. The number of carbonyl (C=O) groups is 4. The van der Waals surface area contributed by atoms with Gasteiger partial charge in [-0.25, -0.2) is 9.13 Å². The van der Waals surface area contributed by atoms with E-state index in [9.17, 15) is 43.2 Å². The smallest absolute Gasteiger partial charge is 0.462 e. The standard InChI is InChI=1S/C84H160O17P2/c1-8-10-11-12-13-14-15-16-19-27-32-37-46-53-60-67-84(89)101-80(72-95-82(87)66-59-52-45-40-39-43-50-57-64-77(7)9-2)74-99-103(92,93)97-70-78(85)69-96-102(90,91)98-73-79(71-94-81(86)65-58-51-44-36-31-26-23-22-25-30-35-42-49-56-63-76(5)6)100-83(88)68-61-54-47-38-33-28-21-18-17-20-24-29-34-41-48-55-62-75(3)4/h14-16,19,75-80,85H,8-13,17-18,20-74H2,1-7H3,(H,90,91)(H,92,93)/b15-14-,19-16-/t77?,78-,79-,80-/m1/s1. The van der Waals surface area contributed by atoms with Gasteiger partial charge in [0.1, 0.15) is 19.3 Å². The Morgan fingerprint density at radius 1 is 0.320 bits per heavy atom. The summed E-state index contributed by atoms with van der Waals surface area (Å²) < 4.78 is 68.8. The van der Waals surface area contributed by atoms with Gasteiger partial charge in [0.05, 0.1) is 26.4 Å². The van der Waals surface area contributed by atoms with Crippen LogP contribution in [0.25, 0.3) is 0 Å². The van der Waals surface area contributed by atoms with Gasteiger partial charge in [0.15, 0.2) is 12.2 Å². The molecule has 0 spiro atoms. The second-order valence-electron chi connectivity index (χ2n) is 30.7. The van der Waals surface area contributed by atoms with E-state index in [-0.39, 0.29) is 25.7 Å². The molecule has 0 aromatic carbocycles. The van der Waals surface area contributed by atoms with Gasteiger partial charge in [-0.1, -0.05) is 362 Å². The summed E-state index contributed by atoms with van der Waals surface area (Å²) in [6.45, 7) is 11.9. The van der Waals surface area contributed by atoms with Crippen LogP contribution in [0.4, 0.5) is 0 Å². The highest BCUT2D eigenvalue weighted by Gasteiger charge is 2.30. The molecule has 19 heteroatoms. The number of esters is 4. The van der Waals surface area contributed by atoms with Crippen molar-refractivity contribution in [2.24, 2.45) is 17.8 Å². The lowest BCUT2D eigenvalue weighted by Crippen LogP contribution is -2.30. The molecule has 103 heavy (non-hydrogen) atoms. The van der Waals surface area contributed by atoms with Crippen LogP contribution in [0, 0.1) is 17.8 Å². The molecule has 0 aromatic rings. The Morgan fingerprint density at radius 2 is 0.573 bits per heavy atom. The highest BCUT2D eigenvalue weighted by molar-refractivity contribution is 7.47. The van der Waals surface area contributed by atoms with Crippen LogP contribution in [-0.4, -0.2) is 96.7 Å². The molecule has 3 N–H and O–H groups in total. The van der Waals surface area contributed by atoms with Crippen molar-refractivity contribution >= 4 is 39.5 Å². The zero-order valence-corrected chi connectivity index (χ0v) is 69.1. The summed E-state index contributed by atoms with van der Waals surface area (Å²) in [4.78, 5) is 73.1. The van der Waals surface area contributed by atoms with Gasteiger partial charge in [-0.3, -0.25) is 37.3 Å². The average molecular weight is 1500 g/mol. The van der Waals surface area contributed by atoms with Gasteiger partial charge in [0.2, 0.25) is 0 Å². The molecule has 0 radical (unpaired) electrons. The summed E-state index contributed by atoms with van der Waals surface area (Å²) in [6.07, 6.45) is 65.9. The van der Waals surface area contributed by atoms with Crippen molar-refractivity contribution in [2.45, 2.75) is 433 Å². The molecule has 0 aliphatic heterocycles. The molecule has 0 aliphatic carbocycles. The summed E-state index contributed by atoms with van der Waals surface area (Å²) in [7, 11) is -9.94. The number of aliphatic hydroxyl groups is 1. The minimum atomic E-state index is -4.97. The Morgan fingerprint density at radius 3 is 0.864 bits per heavy atom. The normalized spacial score (nSPS) is 14.3. The molecule has 0 rings (SSSR count). The number of hydrogen-bond donors (Lipinski definition) is 3. The number of carbonyl (C=O) groups excluding carboxylic acids is 4. The number of aliphatic hydroxyl groups excluding tert-OH is 1. The largest absolute Gasteiger partial charge is 0.472 e. The summed E-state index contributed by atoms with van der Waals surface area (Å²) in [5, 5.41) is 10.7. The SMILES string of the molecule is CCCCCC/C=C\C=C/CCCCCCCC(=O)O[C@H](COC(=O)CCCCCCCCCCC(C)CC)COP(=O)(O)OC[C@H](O)COP(=O)(O)OC[C@@H](COC(=O)CCCCCCCCCCCCCCCCC(C)C)OC(=O)CCCCCCCCCCCCCCCCCCC(C)C. The van der Waals surface area contributed by atoms with E-state index >= 15 is 0 Å². The molecule has 608 valence electrons. The first-order valence-corrected chi connectivity index (χ1v) is 45.7. The summed E-state index contributed by atoms with van der Waals surface area (Å²) in [5.74, 6) is 0.243. The second-order valence-corrected chi connectivity index (χ2v) is 33.6. The molecule has 0 heterocycles. The predicted octanol–water partition coefficient (Wildman–Crippen LogP) is 24.9. The number of allylic oxidation sites excluding steroid dienone is 4. The van der Waals surface area contributed by atoms with Gasteiger partial charge >= 0.3 is 39.5 Å². The number of phosphoric ester groups is 2. The van der Waals surface area contributed by atoms with Crippen LogP contribution in [0.1, 0.15) is 414 Å². The zero-order chi connectivity index (χ0) is 75.8. The third-order valence-electron chi connectivity index (χ3n) is 19.4. The monoisotopic (exact) mass is 1500 g/mol. The van der Waals surface area contributed by atoms with Crippen molar-refractivity contribution in [3.8, 4) is 0 Å². The molecule has 3 unspecified atom stereocenters. The first kappa shape index (κ1) is 101. The molecule has 0 saturated heterocycles. The Balaban J connectivity index is 5.30. The first-order valence-electron chi connectivity index (χ1n) is 42.7.